The van der Waals surface area contributed by atoms with E-state index in [-0.39, 0.29) is 5.56 Å². The molecular weight excluding hydrogens is 265 g/mol. The number of benzene rings is 2. The zero-order valence-corrected chi connectivity index (χ0v) is 11.1. The molecule has 0 aliphatic carbocycles. The van der Waals surface area contributed by atoms with Crippen LogP contribution in [0, 0.1) is 13.8 Å². The monoisotopic (exact) mass is 278 g/mol. The SMILES string of the molecule is Cc1ccc(C)c(C(=O)c2cccc(C(F)(F)F)c2)c1. The summed E-state index contributed by atoms with van der Waals surface area (Å²) in [7, 11) is 0. The van der Waals surface area contributed by atoms with E-state index in [2.05, 4.69) is 0 Å². The van der Waals surface area contributed by atoms with Gasteiger partial charge in [0.05, 0.1) is 5.56 Å². The van der Waals surface area contributed by atoms with Gasteiger partial charge in [-0.25, -0.2) is 0 Å². The summed E-state index contributed by atoms with van der Waals surface area (Å²) < 4.78 is 38.0. The van der Waals surface area contributed by atoms with Crippen LogP contribution in [-0.4, -0.2) is 5.78 Å². The maximum Gasteiger partial charge on any atom is 0.416 e. The molecule has 0 radical (unpaired) electrons. The van der Waals surface area contributed by atoms with E-state index in [1.54, 1.807) is 19.1 Å². The summed E-state index contributed by atoms with van der Waals surface area (Å²) in [6, 6.07) is 9.84. The molecule has 0 saturated heterocycles. The van der Waals surface area contributed by atoms with Gasteiger partial charge >= 0.3 is 6.18 Å². The highest BCUT2D eigenvalue weighted by atomic mass is 19.4. The van der Waals surface area contributed by atoms with Crippen molar-refractivity contribution in [3.63, 3.8) is 0 Å². The predicted molar refractivity (Wildman–Crippen MR) is 70.8 cm³/mol. The third-order valence-electron chi connectivity index (χ3n) is 3.09. The number of hydrogen-bond acceptors (Lipinski definition) is 1. The molecule has 0 heterocycles. The number of aryl methyl sites for hydroxylation is 2. The van der Waals surface area contributed by atoms with Crippen molar-refractivity contribution in [2.75, 3.05) is 0 Å². The first-order valence-electron chi connectivity index (χ1n) is 6.08. The Bertz CT molecular complexity index is 657. The van der Waals surface area contributed by atoms with Crippen LogP contribution in [0.2, 0.25) is 0 Å². The number of ketones is 1. The van der Waals surface area contributed by atoms with Gasteiger partial charge in [0, 0.05) is 11.1 Å². The topological polar surface area (TPSA) is 17.1 Å². The molecule has 0 unspecified atom stereocenters. The first kappa shape index (κ1) is 14.3. The van der Waals surface area contributed by atoms with E-state index in [0.29, 0.717) is 5.56 Å². The zero-order valence-electron chi connectivity index (χ0n) is 11.1. The summed E-state index contributed by atoms with van der Waals surface area (Å²) in [5.41, 5.74) is 1.32. The lowest BCUT2D eigenvalue weighted by molar-refractivity contribution is -0.137. The minimum atomic E-state index is -4.45. The normalized spacial score (nSPS) is 11.4. The van der Waals surface area contributed by atoms with E-state index in [9.17, 15) is 18.0 Å². The van der Waals surface area contributed by atoms with Crippen LogP contribution in [0.1, 0.15) is 32.6 Å². The zero-order chi connectivity index (χ0) is 14.9. The molecule has 0 amide bonds. The van der Waals surface area contributed by atoms with E-state index in [1.807, 2.05) is 13.0 Å². The van der Waals surface area contributed by atoms with Gasteiger partial charge in [0.25, 0.3) is 0 Å². The van der Waals surface area contributed by atoms with Crippen LogP contribution in [0.4, 0.5) is 13.2 Å². The lowest BCUT2D eigenvalue weighted by Crippen LogP contribution is -2.09. The van der Waals surface area contributed by atoms with Gasteiger partial charge < -0.3 is 0 Å². The largest absolute Gasteiger partial charge is 0.416 e. The molecule has 0 atom stereocenters. The van der Waals surface area contributed by atoms with E-state index in [0.717, 1.165) is 23.3 Å². The molecule has 0 aliphatic rings. The van der Waals surface area contributed by atoms with Crippen molar-refractivity contribution in [3.05, 3.63) is 70.3 Å². The van der Waals surface area contributed by atoms with Gasteiger partial charge in [-0.1, -0.05) is 29.8 Å². The van der Waals surface area contributed by atoms with Gasteiger partial charge in [0.2, 0.25) is 0 Å². The van der Waals surface area contributed by atoms with Crippen molar-refractivity contribution >= 4 is 5.78 Å². The van der Waals surface area contributed by atoms with Crippen molar-refractivity contribution in [1.29, 1.82) is 0 Å². The van der Waals surface area contributed by atoms with Gasteiger partial charge in [-0.05, 0) is 37.6 Å². The first-order chi connectivity index (χ1) is 9.29. The lowest BCUT2D eigenvalue weighted by Gasteiger charge is -2.10. The second kappa shape index (κ2) is 5.12. The fourth-order valence-corrected chi connectivity index (χ4v) is 1.97. The molecule has 2 aromatic rings. The lowest BCUT2D eigenvalue weighted by atomic mass is 9.96. The average molecular weight is 278 g/mol. The molecule has 20 heavy (non-hydrogen) atoms. The minimum absolute atomic E-state index is 0.0496. The molecular formula is C16H13F3O. The summed E-state index contributed by atoms with van der Waals surface area (Å²) in [6.07, 6.45) is -4.45. The van der Waals surface area contributed by atoms with E-state index >= 15 is 0 Å². The van der Waals surface area contributed by atoms with E-state index < -0.39 is 17.5 Å². The fourth-order valence-electron chi connectivity index (χ4n) is 1.97. The van der Waals surface area contributed by atoms with Gasteiger partial charge in [-0.15, -0.1) is 0 Å². The van der Waals surface area contributed by atoms with Crippen molar-refractivity contribution in [2.45, 2.75) is 20.0 Å². The van der Waals surface area contributed by atoms with Crippen LogP contribution in [-0.2, 0) is 6.18 Å². The van der Waals surface area contributed by atoms with Crippen LogP contribution in [0.15, 0.2) is 42.5 Å². The van der Waals surface area contributed by atoms with Crippen LogP contribution in [0.25, 0.3) is 0 Å². The van der Waals surface area contributed by atoms with Crippen molar-refractivity contribution < 1.29 is 18.0 Å². The van der Waals surface area contributed by atoms with Gasteiger partial charge in [0.15, 0.2) is 5.78 Å². The van der Waals surface area contributed by atoms with Gasteiger partial charge in [0.1, 0.15) is 0 Å². The number of alkyl halides is 3. The maximum absolute atomic E-state index is 12.7. The summed E-state index contributed by atoms with van der Waals surface area (Å²) in [5.74, 6) is -0.391. The Kier molecular flexibility index (Phi) is 3.66. The molecule has 104 valence electrons. The minimum Gasteiger partial charge on any atom is -0.289 e. The second-order valence-electron chi connectivity index (χ2n) is 4.73. The molecule has 0 N–H and O–H groups in total. The Morgan fingerprint density at radius 2 is 1.70 bits per heavy atom. The maximum atomic E-state index is 12.7. The summed E-state index contributed by atoms with van der Waals surface area (Å²) in [5, 5.41) is 0. The Hall–Kier alpha value is -2.10. The van der Waals surface area contributed by atoms with Crippen LogP contribution >= 0.6 is 0 Å². The van der Waals surface area contributed by atoms with E-state index in [4.69, 9.17) is 0 Å². The molecule has 0 saturated carbocycles. The molecule has 2 rings (SSSR count). The number of carbonyl (C=O) groups is 1. The molecule has 2 aromatic carbocycles. The summed E-state index contributed by atoms with van der Waals surface area (Å²) >= 11 is 0. The third-order valence-corrected chi connectivity index (χ3v) is 3.09. The molecule has 0 fully saturated rings. The first-order valence-corrected chi connectivity index (χ1v) is 6.08. The quantitative estimate of drug-likeness (QED) is 0.736. The molecule has 0 aromatic heterocycles. The standard InChI is InChI=1S/C16H13F3O/c1-10-6-7-11(2)14(8-10)15(20)12-4-3-5-13(9-12)16(17,18)19/h3-9H,1-2H3. The number of carbonyl (C=O) groups excluding carboxylic acids is 1. The molecule has 0 spiro atoms. The van der Waals surface area contributed by atoms with Crippen LogP contribution < -0.4 is 0 Å². The summed E-state index contributed by atoms with van der Waals surface area (Å²) in [4.78, 5) is 12.3. The van der Waals surface area contributed by atoms with E-state index in [1.165, 1.54) is 12.1 Å². The second-order valence-corrected chi connectivity index (χ2v) is 4.73. The summed E-state index contributed by atoms with van der Waals surface area (Å²) in [6.45, 7) is 3.60. The molecule has 0 aliphatic heterocycles. The highest BCUT2D eigenvalue weighted by Crippen LogP contribution is 2.30. The van der Waals surface area contributed by atoms with Gasteiger partial charge in [-0.2, -0.15) is 13.2 Å². The number of hydrogen-bond donors (Lipinski definition) is 0. The Morgan fingerprint density at radius 3 is 2.35 bits per heavy atom. The third kappa shape index (κ3) is 2.90. The Labute approximate surface area is 115 Å². The molecule has 1 nitrogen and oxygen atoms in total. The van der Waals surface area contributed by atoms with Gasteiger partial charge in [-0.3, -0.25) is 4.79 Å². The van der Waals surface area contributed by atoms with Crippen LogP contribution in [0.3, 0.4) is 0 Å². The average Bonchev–Trinajstić information content (AvgIpc) is 2.40. The predicted octanol–water partition coefficient (Wildman–Crippen LogP) is 4.55. The van der Waals surface area contributed by atoms with Crippen LogP contribution in [0.5, 0.6) is 0 Å². The Morgan fingerprint density at radius 1 is 1.00 bits per heavy atom. The van der Waals surface area contributed by atoms with Crippen molar-refractivity contribution in [1.82, 2.24) is 0 Å². The van der Waals surface area contributed by atoms with Crippen molar-refractivity contribution in [3.8, 4) is 0 Å². The highest BCUT2D eigenvalue weighted by molar-refractivity contribution is 6.10. The highest BCUT2D eigenvalue weighted by Gasteiger charge is 2.31. The smallest absolute Gasteiger partial charge is 0.289 e. The Balaban J connectivity index is 2.46. The number of halogens is 3. The van der Waals surface area contributed by atoms with Crippen molar-refractivity contribution in [2.24, 2.45) is 0 Å². The fraction of sp³-hybridized carbons (Fsp3) is 0.188. The molecule has 4 heteroatoms. The number of rotatable bonds is 2. The molecule has 0 bridgehead atoms.